The molecule has 0 radical (unpaired) electrons. The molecule has 0 unspecified atom stereocenters. The van der Waals surface area contributed by atoms with Gasteiger partial charge in [0.15, 0.2) is 5.69 Å². The molecule has 1 N–H and O–H groups in total. The first-order valence-corrected chi connectivity index (χ1v) is 7.88. The summed E-state index contributed by atoms with van der Waals surface area (Å²) in [4.78, 5) is 0. The van der Waals surface area contributed by atoms with Crippen LogP contribution in [-0.2, 0) is 0 Å². The number of nitrogens with one attached hydrogen (secondary N) is 1. The normalized spacial score (nSPS) is 11.5. The summed E-state index contributed by atoms with van der Waals surface area (Å²) in [6.45, 7) is 0. The maximum Gasteiger partial charge on any atom is 0.573 e. The summed E-state index contributed by atoms with van der Waals surface area (Å²) >= 11 is 5.92. The van der Waals surface area contributed by atoms with Crippen molar-refractivity contribution in [2.45, 2.75) is 6.36 Å². The van der Waals surface area contributed by atoms with Crippen molar-refractivity contribution in [3.8, 4) is 23.1 Å². The average molecular weight is 391 g/mol. The van der Waals surface area contributed by atoms with E-state index in [4.69, 9.17) is 16.9 Å². The highest BCUT2D eigenvalue weighted by Gasteiger charge is 2.31. The van der Waals surface area contributed by atoms with Crippen LogP contribution in [0.5, 0.6) is 5.75 Å². The van der Waals surface area contributed by atoms with E-state index >= 15 is 0 Å². The third kappa shape index (κ3) is 4.86. The van der Waals surface area contributed by atoms with Crippen molar-refractivity contribution in [1.29, 1.82) is 5.26 Å². The molecule has 1 aromatic heterocycles. The maximum atomic E-state index is 12.6. The van der Waals surface area contributed by atoms with Crippen LogP contribution < -0.4 is 4.74 Å². The van der Waals surface area contributed by atoms with Gasteiger partial charge in [0.2, 0.25) is 0 Å². The Labute approximate surface area is 156 Å². The first-order chi connectivity index (χ1) is 12.8. The molecule has 0 saturated heterocycles. The molecule has 27 heavy (non-hydrogen) atoms. The lowest BCUT2D eigenvalue weighted by Gasteiger charge is -2.11. The average Bonchev–Trinajstić information content (AvgIpc) is 3.07. The third-order valence-corrected chi connectivity index (χ3v) is 3.65. The van der Waals surface area contributed by atoms with Gasteiger partial charge in [0, 0.05) is 10.6 Å². The lowest BCUT2D eigenvalue weighted by atomic mass is 10.0. The topological polar surface area (TPSA) is 74.6 Å². The summed E-state index contributed by atoms with van der Waals surface area (Å²) in [5.41, 5.74) is 1.60. The van der Waals surface area contributed by atoms with Crippen LogP contribution in [0.2, 0.25) is 5.02 Å². The number of nitriles is 1. The molecular formula is C18H10ClF3N4O. The Hall–Kier alpha value is -3.31. The number of halogens is 4. The second-order valence-corrected chi connectivity index (χ2v) is 5.81. The number of aromatic amines is 1. The smallest absolute Gasteiger partial charge is 0.406 e. The standard InChI is InChI=1S/C18H10ClF3N4O/c19-14-3-1-2-11(7-14)4-5-12-6-13(17-16(10-23)24-26-25-17)9-15(8-12)27-18(20,21)22/h1-9H,(H,24,25,26)/b5-4+. The molecule has 0 atom stereocenters. The summed E-state index contributed by atoms with van der Waals surface area (Å²) in [5, 5.41) is 19.3. The van der Waals surface area contributed by atoms with Gasteiger partial charge in [-0.25, -0.2) is 5.10 Å². The highest BCUT2D eigenvalue weighted by atomic mass is 35.5. The van der Waals surface area contributed by atoms with E-state index in [9.17, 15) is 13.2 Å². The van der Waals surface area contributed by atoms with Crippen LogP contribution in [0.25, 0.3) is 23.4 Å². The summed E-state index contributed by atoms with van der Waals surface area (Å²) in [5.74, 6) is -0.433. The molecule has 136 valence electrons. The van der Waals surface area contributed by atoms with Gasteiger partial charge >= 0.3 is 6.36 Å². The molecule has 1 heterocycles. The molecule has 9 heteroatoms. The maximum absolute atomic E-state index is 12.6. The molecule has 0 amide bonds. The van der Waals surface area contributed by atoms with Crippen molar-refractivity contribution in [2.24, 2.45) is 0 Å². The zero-order valence-electron chi connectivity index (χ0n) is 13.5. The Kier molecular flexibility index (Phi) is 5.14. The van der Waals surface area contributed by atoms with Gasteiger partial charge < -0.3 is 4.74 Å². The number of rotatable bonds is 4. The van der Waals surface area contributed by atoms with Gasteiger partial charge in [0.1, 0.15) is 17.5 Å². The molecule has 0 bridgehead atoms. The fourth-order valence-electron chi connectivity index (χ4n) is 2.36. The first-order valence-electron chi connectivity index (χ1n) is 7.50. The number of hydrogen-bond donors (Lipinski definition) is 1. The predicted octanol–water partition coefficient (Wildman–Crippen LogP) is 5.07. The fraction of sp³-hybridized carbons (Fsp3) is 0.0556. The minimum absolute atomic E-state index is 0.0314. The van der Waals surface area contributed by atoms with E-state index in [0.717, 1.165) is 11.6 Å². The molecule has 3 rings (SSSR count). The van der Waals surface area contributed by atoms with E-state index in [1.807, 2.05) is 6.07 Å². The number of benzene rings is 2. The van der Waals surface area contributed by atoms with Gasteiger partial charge in [-0.15, -0.1) is 18.3 Å². The number of H-pyrrole nitrogens is 1. The van der Waals surface area contributed by atoms with Crippen LogP contribution in [0.1, 0.15) is 16.8 Å². The number of alkyl halides is 3. The molecule has 0 aliphatic carbocycles. The van der Waals surface area contributed by atoms with Crippen LogP contribution >= 0.6 is 11.6 Å². The van der Waals surface area contributed by atoms with Crippen molar-refractivity contribution in [1.82, 2.24) is 15.4 Å². The van der Waals surface area contributed by atoms with E-state index in [-0.39, 0.29) is 17.0 Å². The molecule has 0 saturated carbocycles. The molecule has 2 aromatic carbocycles. The molecular weight excluding hydrogens is 381 g/mol. The van der Waals surface area contributed by atoms with E-state index in [0.29, 0.717) is 10.6 Å². The Morgan fingerprint density at radius 1 is 1.11 bits per heavy atom. The lowest BCUT2D eigenvalue weighted by Crippen LogP contribution is -2.17. The van der Waals surface area contributed by atoms with E-state index in [2.05, 4.69) is 20.1 Å². The zero-order chi connectivity index (χ0) is 19.4. The third-order valence-electron chi connectivity index (χ3n) is 3.41. The number of hydrogen-bond acceptors (Lipinski definition) is 4. The van der Waals surface area contributed by atoms with Gasteiger partial charge in [-0.2, -0.15) is 5.26 Å². The Morgan fingerprint density at radius 3 is 2.59 bits per heavy atom. The van der Waals surface area contributed by atoms with Gasteiger partial charge in [-0.3, -0.25) is 0 Å². The number of aromatic nitrogens is 3. The second-order valence-electron chi connectivity index (χ2n) is 5.37. The van der Waals surface area contributed by atoms with E-state index in [1.165, 1.54) is 6.07 Å². The summed E-state index contributed by atoms with van der Waals surface area (Å²) in [6.07, 6.45) is -1.56. The monoisotopic (exact) mass is 390 g/mol. The SMILES string of the molecule is N#Cc1[nH]nnc1-c1cc(/C=C/c2cccc(Cl)c2)cc(OC(F)(F)F)c1. The minimum Gasteiger partial charge on any atom is -0.406 e. The van der Waals surface area contributed by atoms with Crippen molar-refractivity contribution in [3.63, 3.8) is 0 Å². The Balaban J connectivity index is 2.03. The van der Waals surface area contributed by atoms with Gasteiger partial charge in [0.25, 0.3) is 0 Å². The molecule has 0 spiro atoms. The van der Waals surface area contributed by atoms with Crippen LogP contribution in [-0.4, -0.2) is 21.8 Å². The zero-order valence-corrected chi connectivity index (χ0v) is 14.2. The van der Waals surface area contributed by atoms with Crippen LogP contribution in [0.4, 0.5) is 13.2 Å². The van der Waals surface area contributed by atoms with Gasteiger partial charge in [-0.05, 0) is 41.5 Å². The molecule has 0 fully saturated rings. The quantitative estimate of drug-likeness (QED) is 0.631. The van der Waals surface area contributed by atoms with Crippen molar-refractivity contribution in [3.05, 3.63) is 64.3 Å². The van der Waals surface area contributed by atoms with Crippen LogP contribution in [0, 0.1) is 11.3 Å². The van der Waals surface area contributed by atoms with Gasteiger partial charge in [-0.1, -0.05) is 41.1 Å². The second kappa shape index (κ2) is 7.51. The minimum atomic E-state index is -4.85. The lowest BCUT2D eigenvalue weighted by molar-refractivity contribution is -0.274. The largest absolute Gasteiger partial charge is 0.573 e. The highest BCUT2D eigenvalue weighted by Crippen LogP contribution is 2.30. The van der Waals surface area contributed by atoms with Gasteiger partial charge in [0.05, 0.1) is 0 Å². The van der Waals surface area contributed by atoms with Crippen molar-refractivity contribution >= 4 is 23.8 Å². The van der Waals surface area contributed by atoms with E-state index in [1.54, 1.807) is 42.5 Å². The summed E-state index contributed by atoms with van der Waals surface area (Å²) in [7, 11) is 0. The van der Waals surface area contributed by atoms with Crippen LogP contribution in [0.15, 0.2) is 42.5 Å². The molecule has 0 aliphatic rings. The van der Waals surface area contributed by atoms with Crippen molar-refractivity contribution in [2.75, 3.05) is 0 Å². The molecule has 5 nitrogen and oxygen atoms in total. The first kappa shape index (κ1) is 18.5. The van der Waals surface area contributed by atoms with Crippen molar-refractivity contribution < 1.29 is 17.9 Å². The molecule has 3 aromatic rings. The summed E-state index contributed by atoms with van der Waals surface area (Å²) < 4.78 is 42.0. The fourth-order valence-corrected chi connectivity index (χ4v) is 2.56. The summed E-state index contributed by atoms with van der Waals surface area (Å²) in [6, 6.07) is 12.8. The Morgan fingerprint density at radius 2 is 1.89 bits per heavy atom. The number of nitrogens with zero attached hydrogens (tertiary/aromatic N) is 3. The Bertz CT molecular complexity index is 1040. The van der Waals surface area contributed by atoms with E-state index < -0.39 is 12.1 Å². The molecule has 0 aliphatic heterocycles. The predicted molar refractivity (Wildman–Crippen MR) is 93.6 cm³/mol. The number of ether oxygens (including phenoxy) is 1. The van der Waals surface area contributed by atoms with Crippen LogP contribution in [0.3, 0.4) is 0 Å². The highest BCUT2D eigenvalue weighted by molar-refractivity contribution is 6.30.